The number of nitrogens with zero attached hydrogens (tertiary/aromatic N) is 3. The molecule has 0 bridgehead atoms. The quantitative estimate of drug-likeness (QED) is 0.304. The molecule has 0 aliphatic rings. The number of anilines is 1. The van der Waals surface area contributed by atoms with Crippen LogP contribution in [-0.2, 0) is 17.8 Å². The summed E-state index contributed by atoms with van der Waals surface area (Å²) in [5.41, 5.74) is 14.8. The van der Waals surface area contributed by atoms with Gasteiger partial charge in [-0.15, -0.1) is 0 Å². The van der Waals surface area contributed by atoms with Crippen molar-refractivity contribution in [2.24, 2.45) is 5.73 Å². The molecule has 0 saturated carbocycles. The van der Waals surface area contributed by atoms with Crippen molar-refractivity contribution in [3.63, 3.8) is 0 Å². The van der Waals surface area contributed by atoms with Crippen LogP contribution in [0.5, 0.6) is 0 Å². The smallest absolute Gasteiger partial charge is 0.322 e. The number of hydrogen-bond donors (Lipinski definition) is 5. The molecule has 146 valence electrons. The van der Waals surface area contributed by atoms with E-state index in [0.29, 0.717) is 24.6 Å². The maximum Gasteiger partial charge on any atom is 0.322 e. The number of hydrogen-bond acceptors (Lipinski definition) is 8. The Bertz CT molecular complexity index is 713. The number of carbonyl (C=O) groups is 1. The summed E-state index contributed by atoms with van der Waals surface area (Å²) in [4.78, 5) is 19.2. The van der Waals surface area contributed by atoms with Crippen LogP contribution >= 0.6 is 11.3 Å². The van der Waals surface area contributed by atoms with Gasteiger partial charge >= 0.3 is 5.97 Å². The number of aliphatic hydroxyl groups is 2. The number of rotatable bonds is 6. The molecule has 2 aromatic heterocycles. The number of nitrogen functional groups attached to an aromatic ring is 1. The summed E-state index contributed by atoms with van der Waals surface area (Å²) in [6.45, 7) is 4.21. The molecule has 9 nitrogen and oxygen atoms in total. The van der Waals surface area contributed by atoms with Gasteiger partial charge in [0.25, 0.3) is 0 Å². The van der Waals surface area contributed by atoms with Gasteiger partial charge in [-0.3, -0.25) is 4.79 Å². The molecule has 1 atom stereocenters. The predicted octanol–water partition coefficient (Wildman–Crippen LogP) is -4.00. The molecule has 2 aromatic rings. The van der Waals surface area contributed by atoms with Crippen LogP contribution in [0.15, 0.2) is 11.7 Å². The summed E-state index contributed by atoms with van der Waals surface area (Å²) in [7, 11) is 0. The van der Waals surface area contributed by atoms with Crippen molar-refractivity contribution < 1.29 is 37.1 Å². The van der Waals surface area contributed by atoms with Crippen molar-refractivity contribution in [1.29, 1.82) is 0 Å². The lowest BCUT2D eigenvalue weighted by Crippen LogP contribution is -3.00. The zero-order valence-corrected chi connectivity index (χ0v) is 16.2. The molecule has 0 aromatic carbocycles. The van der Waals surface area contributed by atoms with E-state index in [1.54, 1.807) is 17.5 Å². The van der Waals surface area contributed by atoms with Gasteiger partial charge in [0.15, 0.2) is 12.2 Å². The summed E-state index contributed by atoms with van der Waals surface area (Å²) >= 11 is 1.65. The molecule has 2 rings (SSSR count). The van der Waals surface area contributed by atoms with Gasteiger partial charge in [-0.05, 0) is 6.92 Å². The van der Waals surface area contributed by atoms with Crippen LogP contribution in [0.1, 0.15) is 22.0 Å². The van der Waals surface area contributed by atoms with Gasteiger partial charge in [0.05, 0.1) is 17.0 Å². The second-order valence-electron chi connectivity index (χ2n) is 5.29. The highest BCUT2D eigenvalue weighted by Gasteiger charge is 2.17. The molecule has 0 aliphatic carbocycles. The standard InChI is InChI=1S/C12H17N4OS.C3H7NO3.ClH/c1-8-11(3-4-17)18-7-16(8)6-10-5-14-9(2)15-12(10)13;4-2(1-5)3(6)7;/h5,7,17H,3-4,6H2,1-2H3,(H2,13,14,15);2,5H,1,4H2,(H,6,7);1H/q+1;;/p-1. The van der Waals surface area contributed by atoms with Gasteiger partial charge < -0.3 is 39.2 Å². The van der Waals surface area contributed by atoms with E-state index in [4.69, 9.17) is 26.8 Å². The topological polar surface area (TPSA) is 159 Å². The van der Waals surface area contributed by atoms with Crippen molar-refractivity contribution in [3.8, 4) is 0 Å². The molecule has 11 heteroatoms. The first-order valence-corrected chi connectivity index (χ1v) is 8.42. The Morgan fingerprint density at radius 2 is 2.04 bits per heavy atom. The lowest BCUT2D eigenvalue weighted by Gasteiger charge is -2.01. The monoisotopic (exact) mass is 405 g/mol. The Labute approximate surface area is 161 Å². The second kappa shape index (κ2) is 11.7. The van der Waals surface area contributed by atoms with Crippen molar-refractivity contribution in [1.82, 2.24) is 9.97 Å². The normalized spacial score (nSPS) is 11.1. The average Bonchev–Trinajstić information content (AvgIpc) is 2.91. The van der Waals surface area contributed by atoms with Crippen LogP contribution in [0, 0.1) is 13.8 Å². The fraction of sp³-hybridized carbons (Fsp3) is 0.467. The molecule has 7 N–H and O–H groups in total. The number of halogens is 1. The third-order valence-electron chi connectivity index (χ3n) is 3.37. The summed E-state index contributed by atoms with van der Waals surface area (Å²) in [5, 5.41) is 24.9. The minimum absolute atomic E-state index is 0. The van der Waals surface area contributed by atoms with Gasteiger partial charge in [0.2, 0.25) is 5.51 Å². The molecule has 1 unspecified atom stereocenters. The number of thiazole rings is 1. The van der Waals surface area contributed by atoms with Crippen LogP contribution in [0.2, 0.25) is 0 Å². The first-order valence-electron chi connectivity index (χ1n) is 7.54. The van der Waals surface area contributed by atoms with E-state index in [-0.39, 0.29) is 19.0 Å². The number of aliphatic hydroxyl groups excluding tert-OH is 2. The molecule has 0 saturated heterocycles. The summed E-state index contributed by atoms with van der Waals surface area (Å²) in [6, 6.07) is -1.13. The Hall–Kier alpha value is -1.85. The van der Waals surface area contributed by atoms with E-state index < -0.39 is 18.6 Å². The minimum Gasteiger partial charge on any atom is -1.00 e. The first kappa shape index (κ1) is 24.1. The largest absolute Gasteiger partial charge is 1.00 e. The Morgan fingerprint density at radius 3 is 2.50 bits per heavy atom. The zero-order chi connectivity index (χ0) is 19.0. The van der Waals surface area contributed by atoms with Gasteiger partial charge in [0.1, 0.15) is 17.7 Å². The van der Waals surface area contributed by atoms with Crippen LogP contribution in [0.4, 0.5) is 5.82 Å². The number of aryl methyl sites for hydroxylation is 1. The summed E-state index contributed by atoms with van der Waals surface area (Å²) < 4.78 is 2.11. The van der Waals surface area contributed by atoms with Gasteiger partial charge in [0, 0.05) is 26.1 Å². The van der Waals surface area contributed by atoms with Crippen LogP contribution in [0.3, 0.4) is 0 Å². The highest BCUT2D eigenvalue weighted by molar-refractivity contribution is 7.09. The zero-order valence-electron chi connectivity index (χ0n) is 14.6. The van der Waals surface area contributed by atoms with Gasteiger partial charge in [-0.1, -0.05) is 11.3 Å². The Morgan fingerprint density at radius 1 is 1.38 bits per heavy atom. The first-order chi connectivity index (χ1) is 11.8. The molecule has 2 heterocycles. The Kier molecular flexibility index (Phi) is 10.9. The maximum atomic E-state index is 9.65. The van der Waals surface area contributed by atoms with Crippen molar-refractivity contribution in [3.05, 3.63) is 33.7 Å². The predicted molar refractivity (Wildman–Crippen MR) is 93.0 cm³/mol. The van der Waals surface area contributed by atoms with Gasteiger partial charge in [-0.2, -0.15) is 4.57 Å². The highest BCUT2D eigenvalue weighted by Crippen LogP contribution is 2.13. The summed E-state index contributed by atoms with van der Waals surface area (Å²) in [5.74, 6) is 0.0380. The Balaban J connectivity index is 0.000000673. The van der Waals surface area contributed by atoms with E-state index in [2.05, 4.69) is 14.5 Å². The third-order valence-corrected chi connectivity index (χ3v) is 4.51. The number of nitrogens with two attached hydrogens (primary N) is 2. The maximum absolute atomic E-state index is 9.65. The molecule has 0 fully saturated rings. The van der Waals surface area contributed by atoms with E-state index in [1.807, 2.05) is 19.4 Å². The number of aromatic nitrogens is 3. The molecule has 0 aliphatic heterocycles. The SMILES string of the molecule is Cc1ncc(C[n+]2csc(CCO)c2C)c(N)n1.NC(CO)C(=O)O.[Cl-]. The molecule has 0 spiro atoms. The van der Waals surface area contributed by atoms with E-state index >= 15 is 0 Å². The van der Waals surface area contributed by atoms with E-state index in [9.17, 15) is 4.79 Å². The molecular formula is C15H24ClN5O4S. The molecule has 26 heavy (non-hydrogen) atoms. The lowest BCUT2D eigenvalue weighted by atomic mass is 10.2. The lowest BCUT2D eigenvalue weighted by molar-refractivity contribution is -0.689. The van der Waals surface area contributed by atoms with Crippen LogP contribution < -0.4 is 28.4 Å². The minimum atomic E-state index is -1.18. The van der Waals surface area contributed by atoms with E-state index in [1.165, 1.54) is 4.88 Å². The molecular weight excluding hydrogens is 382 g/mol. The molecule has 0 amide bonds. The highest BCUT2D eigenvalue weighted by atomic mass is 35.5. The van der Waals surface area contributed by atoms with Crippen molar-refractivity contribution in [2.75, 3.05) is 18.9 Å². The number of carboxylic acids is 1. The summed E-state index contributed by atoms with van der Waals surface area (Å²) in [6.07, 6.45) is 2.47. The van der Waals surface area contributed by atoms with Crippen molar-refractivity contribution >= 4 is 23.1 Å². The number of aliphatic carboxylic acids is 1. The number of carboxylic acid groups (broad SMARTS) is 1. The fourth-order valence-corrected chi connectivity index (χ4v) is 2.83. The van der Waals surface area contributed by atoms with Crippen molar-refractivity contribution in [2.45, 2.75) is 32.9 Å². The average molecular weight is 406 g/mol. The second-order valence-corrected chi connectivity index (χ2v) is 6.23. The van der Waals surface area contributed by atoms with Crippen LogP contribution in [-0.4, -0.2) is 50.5 Å². The third kappa shape index (κ3) is 7.18. The van der Waals surface area contributed by atoms with Crippen LogP contribution in [0.25, 0.3) is 0 Å². The van der Waals surface area contributed by atoms with Gasteiger partial charge in [-0.25, -0.2) is 9.97 Å². The molecule has 0 radical (unpaired) electrons. The fourth-order valence-electron chi connectivity index (χ4n) is 1.84. The van der Waals surface area contributed by atoms with E-state index in [0.717, 1.165) is 11.3 Å².